The van der Waals surface area contributed by atoms with Crippen molar-refractivity contribution >= 4 is 15.7 Å². The second-order valence-corrected chi connectivity index (χ2v) is 10.2. The first kappa shape index (κ1) is 21.4. The Morgan fingerprint density at radius 1 is 1.21 bits per heavy atom. The largest absolute Gasteiger partial charge is 0.484 e. The van der Waals surface area contributed by atoms with Gasteiger partial charge in [-0.1, -0.05) is 6.07 Å². The summed E-state index contributed by atoms with van der Waals surface area (Å²) in [6.45, 7) is 8.19. The maximum absolute atomic E-state index is 12.6. The van der Waals surface area contributed by atoms with Gasteiger partial charge in [0, 0.05) is 24.8 Å². The summed E-state index contributed by atoms with van der Waals surface area (Å²) in [6, 6.07) is 5.75. The Bertz CT molecular complexity index is 1010. The molecule has 2 aromatic rings. The van der Waals surface area contributed by atoms with Crippen molar-refractivity contribution in [3.05, 3.63) is 46.3 Å². The molecule has 8 heteroatoms. The minimum absolute atomic E-state index is 0.0352. The van der Waals surface area contributed by atoms with E-state index >= 15 is 0 Å². The number of aryl methyl sites for hydroxylation is 3. The number of sulfone groups is 1. The third-order valence-electron chi connectivity index (χ3n) is 5.41. The molecule has 0 saturated carbocycles. The molecule has 1 aliphatic rings. The molecule has 158 valence electrons. The van der Waals surface area contributed by atoms with Crippen LogP contribution in [0.15, 0.2) is 18.2 Å². The van der Waals surface area contributed by atoms with Gasteiger partial charge in [0.15, 0.2) is 16.4 Å². The third-order valence-corrected chi connectivity index (χ3v) is 7.16. The zero-order valence-corrected chi connectivity index (χ0v) is 18.5. The van der Waals surface area contributed by atoms with E-state index in [9.17, 15) is 13.2 Å². The van der Waals surface area contributed by atoms with Crippen LogP contribution in [0.4, 0.5) is 0 Å². The Hall–Kier alpha value is -2.35. The lowest BCUT2D eigenvalue weighted by Gasteiger charge is -2.18. The topological polar surface area (TPSA) is 81.5 Å². The van der Waals surface area contributed by atoms with E-state index in [4.69, 9.17) is 4.74 Å². The van der Waals surface area contributed by atoms with Gasteiger partial charge in [-0.25, -0.2) is 8.42 Å². The first-order valence-electron chi connectivity index (χ1n) is 9.76. The van der Waals surface area contributed by atoms with Crippen molar-refractivity contribution in [1.82, 2.24) is 14.7 Å². The van der Waals surface area contributed by atoms with Gasteiger partial charge in [0.25, 0.3) is 5.91 Å². The maximum Gasteiger partial charge on any atom is 0.260 e. The van der Waals surface area contributed by atoms with Crippen LogP contribution in [-0.2, 0) is 21.2 Å². The Kier molecular flexibility index (Phi) is 6.03. The fourth-order valence-electron chi connectivity index (χ4n) is 3.85. The van der Waals surface area contributed by atoms with E-state index < -0.39 is 9.84 Å². The van der Waals surface area contributed by atoms with Gasteiger partial charge < -0.3 is 9.64 Å². The van der Waals surface area contributed by atoms with Gasteiger partial charge in [-0.15, -0.1) is 0 Å². The highest BCUT2D eigenvalue weighted by molar-refractivity contribution is 7.91. The lowest BCUT2D eigenvalue weighted by Crippen LogP contribution is -2.31. The molecule has 7 nitrogen and oxygen atoms in total. The zero-order chi connectivity index (χ0) is 21.3. The van der Waals surface area contributed by atoms with E-state index in [-0.39, 0.29) is 30.1 Å². The van der Waals surface area contributed by atoms with Crippen molar-refractivity contribution in [2.24, 2.45) is 0 Å². The number of carbonyl (C=O) groups is 1. The molecular formula is C21H29N3O4S. The lowest BCUT2D eigenvalue weighted by atomic mass is 10.1. The fraction of sp³-hybridized carbons (Fsp3) is 0.524. The van der Waals surface area contributed by atoms with Crippen LogP contribution in [0.25, 0.3) is 0 Å². The van der Waals surface area contributed by atoms with Crippen LogP contribution < -0.4 is 4.74 Å². The molecule has 1 aromatic carbocycles. The zero-order valence-electron chi connectivity index (χ0n) is 17.7. The molecule has 1 aliphatic heterocycles. The Labute approximate surface area is 172 Å². The molecule has 0 aliphatic carbocycles. The number of carbonyl (C=O) groups excluding carboxylic acids is 1. The number of nitrogens with zero attached hydrogens (tertiary/aromatic N) is 3. The summed E-state index contributed by atoms with van der Waals surface area (Å²) >= 11 is 0. The van der Waals surface area contributed by atoms with Crippen molar-refractivity contribution in [1.29, 1.82) is 0 Å². The molecule has 1 aromatic heterocycles. The molecule has 0 bridgehead atoms. The molecule has 2 heterocycles. The summed E-state index contributed by atoms with van der Waals surface area (Å²) in [5.74, 6) is 0.901. The fourth-order valence-corrected chi connectivity index (χ4v) is 5.54. The molecule has 29 heavy (non-hydrogen) atoms. The predicted octanol–water partition coefficient (Wildman–Crippen LogP) is 2.51. The summed E-state index contributed by atoms with van der Waals surface area (Å²) in [6.07, 6.45) is 0.586. The van der Waals surface area contributed by atoms with Crippen molar-refractivity contribution in [2.75, 3.05) is 25.2 Å². The van der Waals surface area contributed by atoms with Crippen LogP contribution in [0.1, 0.15) is 40.5 Å². The van der Waals surface area contributed by atoms with Crippen molar-refractivity contribution in [2.45, 2.75) is 46.7 Å². The number of likely N-dealkylation sites (N-methyl/N-ethyl adjacent to an activating group) is 1. The minimum Gasteiger partial charge on any atom is -0.484 e. The Morgan fingerprint density at radius 3 is 2.45 bits per heavy atom. The average Bonchev–Trinajstić information content (AvgIpc) is 3.12. The molecule has 1 amide bonds. The highest BCUT2D eigenvalue weighted by Gasteiger charge is 2.31. The van der Waals surface area contributed by atoms with Crippen LogP contribution in [0, 0.1) is 27.7 Å². The van der Waals surface area contributed by atoms with Gasteiger partial charge in [-0.2, -0.15) is 5.10 Å². The van der Waals surface area contributed by atoms with Gasteiger partial charge in [0.2, 0.25) is 0 Å². The molecule has 3 rings (SSSR count). The highest BCUT2D eigenvalue weighted by Crippen LogP contribution is 2.27. The van der Waals surface area contributed by atoms with Crippen LogP contribution in [-0.4, -0.2) is 54.2 Å². The smallest absolute Gasteiger partial charge is 0.260 e. The second-order valence-electron chi connectivity index (χ2n) is 8.01. The second kappa shape index (κ2) is 8.18. The number of hydrogen-bond acceptors (Lipinski definition) is 5. The van der Waals surface area contributed by atoms with Crippen molar-refractivity contribution < 1.29 is 17.9 Å². The highest BCUT2D eigenvalue weighted by atomic mass is 32.2. The molecule has 0 radical (unpaired) electrons. The molecular weight excluding hydrogens is 390 g/mol. The number of amides is 1. The number of rotatable bonds is 6. The summed E-state index contributed by atoms with van der Waals surface area (Å²) in [5.41, 5.74) is 4.87. The van der Waals surface area contributed by atoms with Crippen molar-refractivity contribution in [3.8, 4) is 5.75 Å². The van der Waals surface area contributed by atoms with E-state index in [2.05, 4.69) is 11.2 Å². The molecule has 0 N–H and O–H groups in total. The predicted molar refractivity (Wildman–Crippen MR) is 112 cm³/mol. The molecule has 1 atom stereocenters. The Balaban J connectivity index is 1.65. The van der Waals surface area contributed by atoms with Gasteiger partial charge in [0.05, 0.1) is 23.2 Å². The van der Waals surface area contributed by atoms with Crippen LogP contribution >= 0.6 is 0 Å². The summed E-state index contributed by atoms with van der Waals surface area (Å²) < 4.78 is 31.1. The summed E-state index contributed by atoms with van der Waals surface area (Å²) in [5, 5.41) is 4.57. The number of hydrogen-bond donors (Lipinski definition) is 0. The monoisotopic (exact) mass is 419 g/mol. The number of benzene rings is 1. The van der Waals surface area contributed by atoms with E-state index in [0.717, 1.165) is 28.1 Å². The van der Waals surface area contributed by atoms with E-state index in [1.165, 1.54) is 0 Å². The Morgan fingerprint density at radius 2 is 1.86 bits per heavy atom. The normalized spacial score (nSPS) is 18.0. The number of aromatic nitrogens is 2. The van der Waals surface area contributed by atoms with E-state index in [1.807, 2.05) is 44.5 Å². The van der Waals surface area contributed by atoms with Crippen molar-refractivity contribution in [3.63, 3.8) is 0 Å². The SMILES string of the molecule is Cc1cc(C)cc(OCC(=O)N(C)Cc2c(C)nn([C@H]3CCS(=O)(=O)C3)c2C)c1. The van der Waals surface area contributed by atoms with Gasteiger partial charge in [-0.3, -0.25) is 9.48 Å². The van der Waals surface area contributed by atoms with Crippen LogP contribution in [0.5, 0.6) is 5.75 Å². The minimum atomic E-state index is -2.98. The van der Waals surface area contributed by atoms with Crippen LogP contribution in [0.2, 0.25) is 0 Å². The standard InChI is InChI=1S/C21H29N3O4S/c1-14-8-15(2)10-19(9-14)28-12-21(25)23(5)11-20-16(3)22-24(17(20)4)18-6-7-29(26,27)13-18/h8-10,18H,6-7,11-13H2,1-5H3/t18-/m0/s1. The molecule has 1 saturated heterocycles. The average molecular weight is 420 g/mol. The van der Waals surface area contributed by atoms with Gasteiger partial charge in [0.1, 0.15) is 5.75 Å². The molecule has 0 unspecified atom stereocenters. The van der Waals surface area contributed by atoms with Gasteiger partial charge >= 0.3 is 0 Å². The first-order valence-corrected chi connectivity index (χ1v) is 11.6. The molecule has 1 fully saturated rings. The first-order chi connectivity index (χ1) is 13.6. The maximum atomic E-state index is 12.6. The third kappa shape index (κ3) is 4.98. The van der Waals surface area contributed by atoms with Crippen LogP contribution in [0.3, 0.4) is 0 Å². The van der Waals surface area contributed by atoms with E-state index in [1.54, 1.807) is 11.9 Å². The molecule has 0 spiro atoms. The van der Waals surface area contributed by atoms with E-state index in [0.29, 0.717) is 18.7 Å². The quantitative estimate of drug-likeness (QED) is 0.719. The lowest BCUT2D eigenvalue weighted by molar-refractivity contribution is -0.132. The summed E-state index contributed by atoms with van der Waals surface area (Å²) in [4.78, 5) is 14.2. The van der Waals surface area contributed by atoms with Gasteiger partial charge in [-0.05, 0) is 57.4 Å². The summed E-state index contributed by atoms with van der Waals surface area (Å²) in [7, 11) is -1.24. The number of ether oxygens (including phenoxy) is 1.